The van der Waals surface area contributed by atoms with E-state index in [0.717, 1.165) is 22.6 Å². The molecule has 0 amide bonds. The Morgan fingerprint density at radius 1 is 0.429 bits per heavy atom. The molecular weight excluding hydrogens is 529 g/mol. The number of thiophene rings is 1. The first-order valence-electron chi connectivity index (χ1n) is 14.1. The van der Waals surface area contributed by atoms with Gasteiger partial charge in [0.25, 0.3) is 0 Å². The number of pyridine rings is 1. The standard InChI is InChI=1S/C39H26N2S/c1-3-9-27(10-4-1)29-15-19-31(20-16-29)41(32-21-17-30(18-22-32)28-11-5-2-6-12-28)33-23-24-34-36-26-40-37-14-8-7-13-35(37)39(36)42-38(34)25-33/h1-26H. The molecule has 2 aromatic heterocycles. The van der Waals surface area contributed by atoms with Crippen molar-refractivity contribution in [1.29, 1.82) is 0 Å². The quantitative estimate of drug-likeness (QED) is 0.210. The maximum Gasteiger partial charge on any atom is 0.0716 e. The fourth-order valence-corrected chi connectivity index (χ4v) is 7.04. The molecule has 0 N–H and O–H groups in total. The molecule has 0 saturated heterocycles. The Hall–Kier alpha value is -5.25. The zero-order chi connectivity index (χ0) is 27.9. The second kappa shape index (κ2) is 10.3. The fourth-order valence-electron chi connectivity index (χ4n) is 5.80. The third kappa shape index (κ3) is 4.32. The first-order chi connectivity index (χ1) is 20.8. The summed E-state index contributed by atoms with van der Waals surface area (Å²) in [6.45, 7) is 0. The number of aromatic nitrogens is 1. The highest BCUT2D eigenvalue weighted by Crippen LogP contribution is 2.42. The van der Waals surface area contributed by atoms with Gasteiger partial charge < -0.3 is 4.90 Å². The number of fused-ring (bicyclic) bond motifs is 5. The molecule has 42 heavy (non-hydrogen) atoms. The van der Waals surface area contributed by atoms with Crippen LogP contribution in [0.3, 0.4) is 0 Å². The Balaban J connectivity index is 1.26. The Labute approximate surface area is 248 Å². The molecule has 6 aromatic carbocycles. The summed E-state index contributed by atoms with van der Waals surface area (Å²) < 4.78 is 2.55. The number of benzene rings is 6. The number of hydrogen-bond acceptors (Lipinski definition) is 3. The second-order valence-corrected chi connectivity index (χ2v) is 11.5. The lowest BCUT2D eigenvalue weighted by molar-refractivity contribution is 1.29. The van der Waals surface area contributed by atoms with E-state index in [1.54, 1.807) is 0 Å². The normalized spacial score (nSPS) is 11.3. The van der Waals surface area contributed by atoms with Crippen molar-refractivity contribution >= 4 is 59.5 Å². The smallest absolute Gasteiger partial charge is 0.0716 e. The summed E-state index contributed by atoms with van der Waals surface area (Å²) in [4.78, 5) is 7.10. The summed E-state index contributed by atoms with van der Waals surface area (Å²) in [6, 6.07) is 54.1. The Morgan fingerprint density at radius 3 is 1.57 bits per heavy atom. The van der Waals surface area contributed by atoms with Crippen LogP contribution in [0.15, 0.2) is 158 Å². The van der Waals surface area contributed by atoms with Crippen molar-refractivity contribution in [3.05, 3.63) is 158 Å². The van der Waals surface area contributed by atoms with E-state index in [-0.39, 0.29) is 0 Å². The van der Waals surface area contributed by atoms with Gasteiger partial charge in [0, 0.05) is 48.8 Å². The zero-order valence-electron chi connectivity index (χ0n) is 22.8. The summed E-state index contributed by atoms with van der Waals surface area (Å²) >= 11 is 1.85. The van der Waals surface area contributed by atoms with Crippen molar-refractivity contribution in [2.75, 3.05) is 4.90 Å². The van der Waals surface area contributed by atoms with Crippen LogP contribution in [0.4, 0.5) is 17.1 Å². The van der Waals surface area contributed by atoms with Crippen molar-refractivity contribution in [3.63, 3.8) is 0 Å². The number of para-hydroxylation sites is 1. The number of anilines is 3. The SMILES string of the molecule is c1ccc(-c2ccc(N(c3ccc(-c4ccccc4)cc3)c3ccc4c(c3)sc3c5ccccc5ncc43)cc2)cc1. The van der Waals surface area contributed by atoms with Crippen molar-refractivity contribution in [2.45, 2.75) is 0 Å². The van der Waals surface area contributed by atoms with Gasteiger partial charge in [-0.25, -0.2) is 0 Å². The summed E-state index contributed by atoms with van der Waals surface area (Å²) in [5, 5.41) is 3.67. The van der Waals surface area contributed by atoms with Gasteiger partial charge in [-0.05, 0) is 64.7 Å². The molecule has 0 bridgehead atoms. The Morgan fingerprint density at radius 2 is 0.952 bits per heavy atom. The molecule has 8 aromatic rings. The van der Waals surface area contributed by atoms with E-state index in [1.165, 1.54) is 47.8 Å². The molecule has 2 heterocycles. The van der Waals surface area contributed by atoms with Gasteiger partial charge in [-0.15, -0.1) is 11.3 Å². The lowest BCUT2D eigenvalue weighted by Crippen LogP contribution is -2.09. The van der Waals surface area contributed by atoms with Crippen LogP contribution in [0.5, 0.6) is 0 Å². The predicted molar refractivity (Wildman–Crippen MR) is 180 cm³/mol. The molecule has 0 saturated carbocycles. The van der Waals surface area contributed by atoms with E-state index < -0.39 is 0 Å². The summed E-state index contributed by atoms with van der Waals surface area (Å²) in [5.74, 6) is 0. The molecule has 0 fully saturated rings. The minimum Gasteiger partial charge on any atom is -0.310 e. The van der Waals surface area contributed by atoms with Gasteiger partial charge in [-0.2, -0.15) is 0 Å². The zero-order valence-corrected chi connectivity index (χ0v) is 23.6. The van der Waals surface area contributed by atoms with E-state index in [1.807, 2.05) is 17.5 Å². The number of rotatable bonds is 5. The van der Waals surface area contributed by atoms with Crippen LogP contribution in [-0.4, -0.2) is 4.98 Å². The largest absolute Gasteiger partial charge is 0.310 e. The van der Waals surface area contributed by atoms with Crippen molar-refractivity contribution in [1.82, 2.24) is 4.98 Å². The van der Waals surface area contributed by atoms with Gasteiger partial charge >= 0.3 is 0 Å². The number of hydrogen-bond donors (Lipinski definition) is 0. The van der Waals surface area contributed by atoms with Crippen LogP contribution in [0, 0.1) is 0 Å². The molecule has 0 aliphatic heterocycles. The highest BCUT2D eigenvalue weighted by Gasteiger charge is 2.16. The molecule has 0 radical (unpaired) electrons. The molecule has 3 heteroatoms. The average Bonchev–Trinajstić information content (AvgIpc) is 3.45. The lowest BCUT2D eigenvalue weighted by atomic mass is 10.0. The highest BCUT2D eigenvalue weighted by atomic mass is 32.1. The summed E-state index contributed by atoms with van der Waals surface area (Å²) in [7, 11) is 0. The minimum atomic E-state index is 1.04. The Kier molecular flexibility index (Phi) is 6.02. The molecule has 0 atom stereocenters. The van der Waals surface area contributed by atoms with Gasteiger partial charge in [0.05, 0.1) is 5.52 Å². The monoisotopic (exact) mass is 554 g/mol. The summed E-state index contributed by atoms with van der Waals surface area (Å²) in [5.41, 5.74) is 9.26. The van der Waals surface area contributed by atoms with E-state index >= 15 is 0 Å². The third-order valence-electron chi connectivity index (χ3n) is 7.92. The predicted octanol–water partition coefficient (Wildman–Crippen LogP) is 11.4. The van der Waals surface area contributed by atoms with Crippen molar-refractivity contribution in [3.8, 4) is 22.3 Å². The first-order valence-corrected chi connectivity index (χ1v) is 14.9. The minimum absolute atomic E-state index is 1.04. The molecule has 0 aliphatic rings. The van der Waals surface area contributed by atoms with Crippen LogP contribution in [-0.2, 0) is 0 Å². The van der Waals surface area contributed by atoms with Crippen LogP contribution in [0.1, 0.15) is 0 Å². The molecule has 198 valence electrons. The fraction of sp³-hybridized carbons (Fsp3) is 0. The lowest BCUT2D eigenvalue weighted by Gasteiger charge is -2.26. The van der Waals surface area contributed by atoms with Gasteiger partial charge in [0.1, 0.15) is 0 Å². The van der Waals surface area contributed by atoms with E-state index in [0.29, 0.717) is 0 Å². The molecule has 2 nitrogen and oxygen atoms in total. The van der Waals surface area contributed by atoms with E-state index in [4.69, 9.17) is 4.98 Å². The summed E-state index contributed by atoms with van der Waals surface area (Å²) in [6.07, 6.45) is 2.03. The second-order valence-electron chi connectivity index (χ2n) is 10.5. The van der Waals surface area contributed by atoms with E-state index in [2.05, 4.69) is 157 Å². The van der Waals surface area contributed by atoms with Gasteiger partial charge in [0.15, 0.2) is 0 Å². The van der Waals surface area contributed by atoms with Crippen LogP contribution < -0.4 is 4.90 Å². The maximum atomic E-state index is 4.75. The topological polar surface area (TPSA) is 16.1 Å². The molecule has 0 spiro atoms. The van der Waals surface area contributed by atoms with Gasteiger partial charge in [0.2, 0.25) is 0 Å². The maximum absolute atomic E-state index is 4.75. The molecule has 0 unspecified atom stereocenters. The third-order valence-corrected chi connectivity index (χ3v) is 9.12. The van der Waals surface area contributed by atoms with Gasteiger partial charge in [-0.3, -0.25) is 4.98 Å². The first kappa shape index (κ1) is 24.5. The van der Waals surface area contributed by atoms with Crippen LogP contribution >= 0.6 is 11.3 Å². The number of nitrogens with zero attached hydrogens (tertiary/aromatic N) is 2. The van der Waals surface area contributed by atoms with Crippen LogP contribution in [0.2, 0.25) is 0 Å². The van der Waals surface area contributed by atoms with Gasteiger partial charge in [-0.1, -0.05) is 109 Å². The van der Waals surface area contributed by atoms with E-state index in [9.17, 15) is 0 Å². The van der Waals surface area contributed by atoms with Crippen LogP contribution in [0.25, 0.3) is 53.3 Å². The highest BCUT2D eigenvalue weighted by molar-refractivity contribution is 7.26. The molecule has 8 rings (SSSR count). The van der Waals surface area contributed by atoms with Crippen molar-refractivity contribution in [2.24, 2.45) is 0 Å². The Bertz CT molecular complexity index is 2080. The van der Waals surface area contributed by atoms with Crippen molar-refractivity contribution < 1.29 is 0 Å². The average molecular weight is 555 g/mol. The molecule has 0 aliphatic carbocycles. The molecular formula is C39H26N2S.